The van der Waals surface area contributed by atoms with Gasteiger partial charge in [0.05, 0.1) is 5.69 Å². The van der Waals surface area contributed by atoms with E-state index in [0.29, 0.717) is 16.7 Å². The van der Waals surface area contributed by atoms with E-state index in [1.165, 1.54) is 11.3 Å². The van der Waals surface area contributed by atoms with Crippen molar-refractivity contribution in [2.24, 2.45) is 0 Å². The van der Waals surface area contributed by atoms with E-state index >= 15 is 0 Å². The number of rotatable bonds is 4. The van der Waals surface area contributed by atoms with Crippen LogP contribution in [0.5, 0.6) is 0 Å². The number of halogens is 1. The first-order chi connectivity index (χ1) is 9.19. The van der Waals surface area contributed by atoms with Gasteiger partial charge in [-0.3, -0.25) is 5.32 Å². The summed E-state index contributed by atoms with van der Waals surface area (Å²) in [5, 5.41) is 8.39. The van der Waals surface area contributed by atoms with Gasteiger partial charge in [-0.1, -0.05) is 29.8 Å². The molecular formula is C13H12ClN3OS. The van der Waals surface area contributed by atoms with E-state index in [0.717, 1.165) is 11.3 Å². The Hall–Kier alpha value is -1.85. The lowest BCUT2D eigenvalue weighted by molar-refractivity contribution is 0.253. The Bertz CT molecular complexity index is 580. The molecule has 0 radical (unpaired) electrons. The Balaban J connectivity index is 2.04. The van der Waals surface area contributed by atoms with Gasteiger partial charge in [-0.05, 0) is 12.1 Å². The molecule has 0 fully saturated rings. The second-order valence-electron chi connectivity index (χ2n) is 3.67. The molecule has 0 saturated heterocycles. The van der Waals surface area contributed by atoms with Crippen LogP contribution in [0.3, 0.4) is 0 Å². The van der Waals surface area contributed by atoms with Crippen molar-refractivity contribution < 1.29 is 4.79 Å². The number of hydrogen-bond donors (Lipinski definition) is 2. The molecule has 2 amide bonds. The molecule has 2 aromatic rings. The number of anilines is 1. The molecule has 98 valence electrons. The first-order valence-electron chi connectivity index (χ1n) is 5.56. The minimum absolute atomic E-state index is 0.295. The number of aromatic nitrogens is 1. The van der Waals surface area contributed by atoms with Crippen LogP contribution in [0.1, 0.15) is 0 Å². The Kier molecular flexibility index (Phi) is 4.54. The molecule has 6 heteroatoms. The van der Waals surface area contributed by atoms with E-state index in [9.17, 15) is 4.79 Å². The molecule has 0 aliphatic rings. The minimum atomic E-state index is -0.295. The summed E-state index contributed by atoms with van der Waals surface area (Å²) in [4.78, 5) is 15.8. The van der Waals surface area contributed by atoms with Crippen LogP contribution in [-0.4, -0.2) is 17.6 Å². The van der Waals surface area contributed by atoms with Crippen LogP contribution >= 0.6 is 22.9 Å². The van der Waals surface area contributed by atoms with Crippen LogP contribution in [0.4, 0.5) is 9.93 Å². The number of carbonyl (C=O) groups is 1. The number of nitrogens with one attached hydrogen (secondary N) is 2. The highest BCUT2D eigenvalue weighted by Gasteiger charge is 2.07. The summed E-state index contributed by atoms with van der Waals surface area (Å²) >= 11 is 7.20. The van der Waals surface area contributed by atoms with Crippen LogP contribution in [0, 0.1) is 0 Å². The first kappa shape index (κ1) is 13.6. The van der Waals surface area contributed by atoms with E-state index in [2.05, 4.69) is 22.2 Å². The van der Waals surface area contributed by atoms with Gasteiger partial charge in [0, 0.05) is 22.5 Å². The molecular weight excluding hydrogens is 282 g/mol. The standard InChI is InChI=1S/C13H12ClN3OS/c1-2-7-15-12(18)17-13-16-11(8-19-13)9-3-5-10(14)6-4-9/h2-6,8H,1,7H2,(H2,15,16,17,18). The second kappa shape index (κ2) is 6.36. The summed E-state index contributed by atoms with van der Waals surface area (Å²) in [6.45, 7) is 3.94. The van der Waals surface area contributed by atoms with Crippen LogP contribution in [0.15, 0.2) is 42.3 Å². The third-order valence-electron chi connectivity index (χ3n) is 2.27. The Morgan fingerprint density at radius 1 is 1.42 bits per heavy atom. The SMILES string of the molecule is C=CCNC(=O)Nc1nc(-c2ccc(Cl)cc2)cs1. The van der Waals surface area contributed by atoms with Crippen molar-refractivity contribution in [3.63, 3.8) is 0 Å². The van der Waals surface area contributed by atoms with Gasteiger partial charge < -0.3 is 5.32 Å². The minimum Gasteiger partial charge on any atom is -0.334 e. The number of nitrogens with zero attached hydrogens (tertiary/aromatic N) is 1. The second-order valence-corrected chi connectivity index (χ2v) is 4.96. The van der Waals surface area contributed by atoms with Crippen molar-refractivity contribution >= 4 is 34.1 Å². The molecule has 19 heavy (non-hydrogen) atoms. The number of amides is 2. The van der Waals surface area contributed by atoms with Crippen LogP contribution in [0.2, 0.25) is 5.02 Å². The van der Waals surface area contributed by atoms with E-state index in [-0.39, 0.29) is 6.03 Å². The molecule has 0 atom stereocenters. The lowest BCUT2D eigenvalue weighted by atomic mass is 10.2. The van der Waals surface area contributed by atoms with Gasteiger partial charge in [0.15, 0.2) is 5.13 Å². The van der Waals surface area contributed by atoms with E-state index in [1.54, 1.807) is 18.2 Å². The van der Waals surface area contributed by atoms with Gasteiger partial charge in [0.2, 0.25) is 0 Å². The average Bonchev–Trinajstić information content (AvgIpc) is 2.85. The van der Waals surface area contributed by atoms with E-state index < -0.39 is 0 Å². The summed E-state index contributed by atoms with van der Waals surface area (Å²) < 4.78 is 0. The van der Waals surface area contributed by atoms with E-state index in [4.69, 9.17) is 11.6 Å². The predicted molar refractivity (Wildman–Crippen MR) is 79.8 cm³/mol. The topological polar surface area (TPSA) is 54.0 Å². The highest BCUT2D eigenvalue weighted by atomic mass is 35.5. The van der Waals surface area contributed by atoms with Gasteiger partial charge in [-0.2, -0.15) is 0 Å². The highest BCUT2D eigenvalue weighted by Crippen LogP contribution is 2.25. The molecule has 2 rings (SSSR count). The van der Waals surface area contributed by atoms with Crippen molar-refractivity contribution in [3.05, 3.63) is 47.3 Å². The number of thiazole rings is 1. The van der Waals surface area contributed by atoms with Gasteiger partial charge in [-0.25, -0.2) is 9.78 Å². The Morgan fingerprint density at radius 2 is 2.16 bits per heavy atom. The summed E-state index contributed by atoms with van der Waals surface area (Å²) in [6.07, 6.45) is 1.61. The molecule has 0 aliphatic carbocycles. The zero-order chi connectivity index (χ0) is 13.7. The van der Waals surface area contributed by atoms with Gasteiger partial charge in [-0.15, -0.1) is 17.9 Å². The van der Waals surface area contributed by atoms with E-state index in [1.807, 2.05) is 17.5 Å². The maximum atomic E-state index is 11.4. The van der Waals surface area contributed by atoms with Crippen LogP contribution in [0.25, 0.3) is 11.3 Å². The van der Waals surface area contributed by atoms with Crippen molar-refractivity contribution in [1.29, 1.82) is 0 Å². The molecule has 0 aliphatic heterocycles. The fraction of sp³-hybridized carbons (Fsp3) is 0.0769. The number of benzene rings is 1. The smallest absolute Gasteiger partial charge is 0.321 e. The van der Waals surface area contributed by atoms with Gasteiger partial charge in [0.1, 0.15) is 0 Å². The molecule has 0 bridgehead atoms. The molecule has 0 spiro atoms. The van der Waals surface area contributed by atoms with Crippen LogP contribution < -0.4 is 10.6 Å². The Morgan fingerprint density at radius 3 is 2.84 bits per heavy atom. The maximum Gasteiger partial charge on any atom is 0.321 e. The lowest BCUT2D eigenvalue weighted by Gasteiger charge is -2.01. The maximum absolute atomic E-state index is 11.4. The van der Waals surface area contributed by atoms with Crippen molar-refractivity contribution in [2.45, 2.75) is 0 Å². The highest BCUT2D eigenvalue weighted by molar-refractivity contribution is 7.14. The monoisotopic (exact) mass is 293 g/mol. The molecule has 4 nitrogen and oxygen atoms in total. The average molecular weight is 294 g/mol. The number of hydrogen-bond acceptors (Lipinski definition) is 3. The summed E-state index contributed by atoms with van der Waals surface area (Å²) in [5.41, 5.74) is 1.76. The molecule has 1 aromatic carbocycles. The predicted octanol–water partition coefficient (Wildman–Crippen LogP) is 3.77. The Labute approximate surface area is 120 Å². The summed E-state index contributed by atoms with van der Waals surface area (Å²) in [6, 6.07) is 7.09. The third-order valence-corrected chi connectivity index (χ3v) is 3.28. The number of carbonyl (C=O) groups excluding carboxylic acids is 1. The van der Waals surface area contributed by atoms with Crippen molar-refractivity contribution in [3.8, 4) is 11.3 Å². The molecule has 1 aromatic heterocycles. The largest absolute Gasteiger partial charge is 0.334 e. The molecule has 1 heterocycles. The fourth-order valence-corrected chi connectivity index (χ4v) is 2.23. The summed E-state index contributed by atoms with van der Waals surface area (Å²) in [5.74, 6) is 0. The zero-order valence-corrected chi connectivity index (χ0v) is 11.6. The number of urea groups is 1. The molecule has 0 saturated carbocycles. The quantitative estimate of drug-likeness (QED) is 0.843. The van der Waals surface area contributed by atoms with Gasteiger partial charge >= 0.3 is 6.03 Å². The van der Waals surface area contributed by atoms with Crippen molar-refractivity contribution in [1.82, 2.24) is 10.3 Å². The normalized spacial score (nSPS) is 9.95. The summed E-state index contributed by atoms with van der Waals surface area (Å²) in [7, 11) is 0. The molecule has 0 unspecified atom stereocenters. The van der Waals surface area contributed by atoms with Gasteiger partial charge in [0.25, 0.3) is 0 Å². The fourth-order valence-electron chi connectivity index (χ4n) is 1.39. The van der Waals surface area contributed by atoms with Crippen molar-refractivity contribution in [2.75, 3.05) is 11.9 Å². The first-order valence-corrected chi connectivity index (χ1v) is 6.82. The third kappa shape index (κ3) is 3.81. The van der Waals surface area contributed by atoms with Crippen LogP contribution in [-0.2, 0) is 0 Å². The lowest BCUT2D eigenvalue weighted by Crippen LogP contribution is -2.28. The molecule has 2 N–H and O–H groups in total. The zero-order valence-electron chi connectivity index (χ0n) is 10.0.